The van der Waals surface area contributed by atoms with E-state index >= 15 is 0 Å². The molecular formula is C13H11N. The average molecular weight is 181 g/mol. The molecule has 0 amide bonds. The first kappa shape index (κ1) is 8.80. The third-order valence-electron chi connectivity index (χ3n) is 2.08. The van der Waals surface area contributed by atoms with E-state index in [0.29, 0.717) is 6.54 Å². The van der Waals surface area contributed by atoms with Crippen LogP contribution in [0.1, 0.15) is 5.56 Å². The molecule has 2 N–H and O–H groups in total. The summed E-state index contributed by atoms with van der Waals surface area (Å²) in [6, 6.07) is 14.4. The molecule has 14 heavy (non-hydrogen) atoms. The number of nitrogens with two attached hydrogens (primary N) is 1. The average Bonchev–Trinajstić information content (AvgIpc) is 2.26. The van der Waals surface area contributed by atoms with Gasteiger partial charge in [-0.05, 0) is 22.9 Å². The van der Waals surface area contributed by atoms with Gasteiger partial charge in [0.1, 0.15) is 0 Å². The van der Waals surface area contributed by atoms with Crippen molar-refractivity contribution in [1.29, 1.82) is 0 Å². The Morgan fingerprint density at radius 3 is 2.57 bits per heavy atom. The molecule has 0 heterocycles. The summed E-state index contributed by atoms with van der Waals surface area (Å²) in [4.78, 5) is 0. The van der Waals surface area contributed by atoms with Crippen LogP contribution >= 0.6 is 0 Å². The van der Waals surface area contributed by atoms with Crippen molar-refractivity contribution < 1.29 is 0 Å². The minimum absolute atomic E-state index is 0.410. The van der Waals surface area contributed by atoms with Crippen LogP contribution in [0.4, 0.5) is 0 Å². The highest BCUT2D eigenvalue weighted by molar-refractivity contribution is 5.83. The van der Waals surface area contributed by atoms with Gasteiger partial charge in [-0.3, -0.25) is 0 Å². The molecule has 0 unspecified atom stereocenters. The maximum absolute atomic E-state index is 5.32. The van der Waals surface area contributed by atoms with Crippen LogP contribution < -0.4 is 5.73 Å². The number of hydrogen-bond acceptors (Lipinski definition) is 1. The lowest BCUT2D eigenvalue weighted by Crippen LogP contribution is -1.92. The molecular weight excluding hydrogens is 170 g/mol. The molecule has 0 atom stereocenters. The molecule has 0 aliphatic rings. The van der Waals surface area contributed by atoms with Gasteiger partial charge in [-0.1, -0.05) is 42.2 Å². The number of hydrogen-bond donors (Lipinski definition) is 1. The third-order valence-corrected chi connectivity index (χ3v) is 2.08. The van der Waals surface area contributed by atoms with Crippen molar-refractivity contribution in [2.45, 2.75) is 0 Å². The number of rotatable bonds is 0. The Labute approximate surface area is 83.5 Å². The first-order chi connectivity index (χ1) is 6.90. The van der Waals surface area contributed by atoms with E-state index in [1.807, 2.05) is 18.2 Å². The molecule has 2 rings (SSSR count). The lowest BCUT2D eigenvalue weighted by Gasteiger charge is -1.96. The molecule has 2 aromatic carbocycles. The maximum Gasteiger partial charge on any atom is 0.0555 e. The van der Waals surface area contributed by atoms with E-state index in [2.05, 4.69) is 36.1 Å². The minimum atomic E-state index is 0.410. The van der Waals surface area contributed by atoms with Crippen LogP contribution in [0.3, 0.4) is 0 Å². The Morgan fingerprint density at radius 1 is 1.00 bits per heavy atom. The molecule has 0 spiro atoms. The molecule has 0 radical (unpaired) electrons. The zero-order valence-electron chi connectivity index (χ0n) is 7.83. The second-order valence-corrected chi connectivity index (χ2v) is 3.07. The van der Waals surface area contributed by atoms with Gasteiger partial charge in [0, 0.05) is 5.56 Å². The summed E-state index contributed by atoms with van der Waals surface area (Å²) in [5, 5.41) is 2.46. The highest BCUT2D eigenvalue weighted by Gasteiger charge is 1.91. The van der Waals surface area contributed by atoms with Crippen molar-refractivity contribution in [3.05, 3.63) is 48.0 Å². The Morgan fingerprint density at radius 2 is 1.79 bits per heavy atom. The lowest BCUT2D eigenvalue weighted by molar-refractivity contribution is 1.30. The predicted molar refractivity (Wildman–Crippen MR) is 59.9 cm³/mol. The fourth-order valence-electron chi connectivity index (χ4n) is 1.42. The summed E-state index contributed by atoms with van der Waals surface area (Å²) in [7, 11) is 0. The summed E-state index contributed by atoms with van der Waals surface area (Å²) in [5.74, 6) is 5.87. The fraction of sp³-hybridized carbons (Fsp3) is 0.0769. The van der Waals surface area contributed by atoms with E-state index in [4.69, 9.17) is 5.73 Å². The van der Waals surface area contributed by atoms with Crippen LogP contribution in [0.25, 0.3) is 10.8 Å². The standard InChI is InChI=1S/C13H11N/c14-9-3-4-11-7-8-12-5-1-2-6-13(12)10-11/h1-2,5-8,10H,9,14H2. The first-order valence-corrected chi connectivity index (χ1v) is 4.58. The Bertz CT molecular complexity index is 503. The third kappa shape index (κ3) is 1.76. The SMILES string of the molecule is NCC#Cc1ccc2ccccc2c1. The fourth-order valence-corrected chi connectivity index (χ4v) is 1.42. The van der Waals surface area contributed by atoms with Crippen LogP contribution in [0.15, 0.2) is 42.5 Å². The molecule has 2 aromatic rings. The van der Waals surface area contributed by atoms with Crippen molar-refractivity contribution in [2.75, 3.05) is 6.54 Å². The monoisotopic (exact) mass is 181 g/mol. The smallest absolute Gasteiger partial charge is 0.0555 e. The predicted octanol–water partition coefficient (Wildman–Crippen LogP) is 2.15. The largest absolute Gasteiger partial charge is 0.320 e. The van der Waals surface area contributed by atoms with E-state index in [9.17, 15) is 0 Å². The van der Waals surface area contributed by atoms with Gasteiger partial charge >= 0.3 is 0 Å². The first-order valence-electron chi connectivity index (χ1n) is 4.58. The van der Waals surface area contributed by atoms with Crippen molar-refractivity contribution in [2.24, 2.45) is 5.73 Å². The van der Waals surface area contributed by atoms with Crippen LogP contribution in [0.2, 0.25) is 0 Å². The highest BCUT2D eigenvalue weighted by Crippen LogP contribution is 2.14. The summed E-state index contributed by atoms with van der Waals surface area (Å²) in [5.41, 5.74) is 6.34. The van der Waals surface area contributed by atoms with Crippen molar-refractivity contribution >= 4 is 10.8 Å². The molecule has 0 bridgehead atoms. The van der Waals surface area contributed by atoms with Crippen molar-refractivity contribution in [3.63, 3.8) is 0 Å². The van der Waals surface area contributed by atoms with Gasteiger partial charge in [0.15, 0.2) is 0 Å². The zero-order chi connectivity index (χ0) is 9.80. The number of benzene rings is 2. The summed E-state index contributed by atoms with van der Waals surface area (Å²) < 4.78 is 0. The van der Waals surface area contributed by atoms with Crippen molar-refractivity contribution in [1.82, 2.24) is 0 Å². The molecule has 0 saturated carbocycles. The molecule has 0 saturated heterocycles. The molecule has 1 nitrogen and oxygen atoms in total. The lowest BCUT2D eigenvalue weighted by atomic mass is 10.1. The summed E-state index contributed by atoms with van der Waals surface area (Å²) >= 11 is 0. The number of fused-ring (bicyclic) bond motifs is 1. The van der Waals surface area contributed by atoms with Gasteiger partial charge in [-0.15, -0.1) is 0 Å². The summed E-state index contributed by atoms with van der Waals surface area (Å²) in [6.45, 7) is 0.410. The Kier molecular flexibility index (Phi) is 2.48. The Balaban J connectivity index is 2.51. The normalized spacial score (nSPS) is 9.50. The van der Waals surface area contributed by atoms with E-state index in [1.165, 1.54) is 10.8 Å². The van der Waals surface area contributed by atoms with Gasteiger partial charge < -0.3 is 5.73 Å². The topological polar surface area (TPSA) is 26.0 Å². The van der Waals surface area contributed by atoms with Crippen LogP contribution in [0.5, 0.6) is 0 Å². The maximum atomic E-state index is 5.32. The van der Waals surface area contributed by atoms with Crippen LogP contribution in [-0.2, 0) is 0 Å². The van der Waals surface area contributed by atoms with E-state index < -0.39 is 0 Å². The van der Waals surface area contributed by atoms with Crippen molar-refractivity contribution in [3.8, 4) is 11.8 Å². The molecule has 0 aliphatic heterocycles. The molecule has 0 fully saturated rings. The second-order valence-electron chi connectivity index (χ2n) is 3.07. The van der Waals surface area contributed by atoms with Gasteiger partial charge in [0.2, 0.25) is 0 Å². The quantitative estimate of drug-likeness (QED) is 0.619. The van der Waals surface area contributed by atoms with Gasteiger partial charge in [-0.2, -0.15) is 0 Å². The second kappa shape index (κ2) is 3.95. The zero-order valence-corrected chi connectivity index (χ0v) is 7.83. The van der Waals surface area contributed by atoms with Gasteiger partial charge in [0.25, 0.3) is 0 Å². The molecule has 0 aliphatic carbocycles. The highest BCUT2D eigenvalue weighted by atomic mass is 14.5. The Hall–Kier alpha value is -1.78. The van der Waals surface area contributed by atoms with Gasteiger partial charge in [0.05, 0.1) is 6.54 Å². The van der Waals surface area contributed by atoms with E-state index in [0.717, 1.165) is 5.56 Å². The summed E-state index contributed by atoms with van der Waals surface area (Å²) in [6.07, 6.45) is 0. The van der Waals surface area contributed by atoms with Crippen LogP contribution in [-0.4, -0.2) is 6.54 Å². The van der Waals surface area contributed by atoms with Gasteiger partial charge in [-0.25, -0.2) is 0 Å². The van der Waals surface area contributed by atoms with E-state index in [1.54, 1.807) is 0 Å². The minimum Gasteiger partial charge on any atom is -0.320 e. The van der Waals surface area contributed by atoms with E-state index in [-0.39, 0.29) is 0 Å². The van der Waals surface area contributed by atoms with Crippen LogP contribution in [0, 0.1) is 11.8 Å². The molecule has 1 heteroatoms. The molecule has 68 valence electrons. The molecule has 0 aromatic heterocycles.